The van der Waals surface area contributed by atoms with Crippen LogP contribution in [0, 0.1) is 17.7 Å². The zero-order valence-corrected chi connectivity index (χ0v) is 24.0. The second kappa shape index (κ2) is 14.1. The van der Waals surface area contributed by atoms with E-state index < -0.39 is 0 Å². The first kappa shape index (κ1) is 29.3. The van der Waals surface area contributed by atoms with Gasteiger partial charge in [-0.1, -0.05) is 23.7 Å². The molecule has 2 aromatic carbocycles. The molecule has 39 heavy (non-hydrogen) atoms. The Morgan fingerprint density at radius 1 is 1.03 bits per heavy atom. The van der Waals surface area contributed by atoms with Crippen molar-refractivity contribution in [2.24, 2.45) is 11.8 Å². The van der Waals surface area contributed by atoms with Crippen molar-refractivity contribution in [2.45, 2.75) is 52.4 Å². The summed E-state index contributed by atoms with van der Waals surface area (Å²) in [5, 5.41) is 0.502. The van der Waals surface area contributed by atoms with Crippen LogP contribution in [0.15, 0.2) is 42.5 Å². The third-order valence-corrected chi connectivity index (χ3v) is 8.38. The predicted molar refractivity (Wildman–Crippen MR) is 154 cm³/mol. The Labute approximate surface area is 237 Å². The van der Waals surface area contributed by atoms with Crippen LogP contribution in [0.1, 0.15) is 51.5 Å². The van der Waals surface area contributed by atoms with Gasteiger partial charge in [0.1, 0.15) is 11.6 Å². The average molecular weight is 558 g/mol. The van der Waals surface area contributed by atoms with E-state index in [1.165, 1.54) is 5.56 Å². The third kappa shape index (κ3) is 8.18. The van der Waals surface area contributed by atoms with Crippen LogP contribution in [0.25, 0.3) is 0 Å². The first-order valence-corrected chi connectivity index (χ1v) is 14.7. The van der Waals surface area contributed by atoms with Gasteiger partial charge in [0.25, 0.3) is 0 Å². The lowest BCUT2D eigenvalue weighted by Crippen LogP contribution is -2.45. The van der Waals surface area contributed by atoms with Crippen LogP contribution in [-0.4, -0.2) is 67.5 Å². The topological polar surface area (TPSA) is 53.1 Å². The second-order valence-electron chi connectivity index (χ2n) is 10.8. The molecule has 0 unspecified atom stereocenters. The van der Waals surface area contributed by atoms with Gasteiger partial charge < -0.3 is 19.4 Å². The Morgan fingerprint density at radius 3 is 2.33 bits per heavy atom. The molecule has 2 aliphatic rings. The summed E-state index contributed by atoms with van der Waals surface area (Å²) in [4.78, 5) is 31.7. The van der Waals surface area contributed by atoms with Crippen LogP contribution in [-0.2, 0) is 16.0 Å². The van der Waals surface area contributed by atoms with Gasteiger partial charge in [0, 0.05) is 38.2 Å². The minimum absolute atomic E-state index is 0.0671. The first-order valence-electron chi connectivity index (χ1n) is 14.3. The molecule has 0 radical (unpaired) electrons. The third-order valence-electron chi connectivity index (χ3n) is 8.08. The molecule has 2 aliphatic heterocycles. The van der Waals surface area contributed by atoms with Crippen molar-refractivity contribution >= 4 is 29.1 Å². The highest BCUT2D eigenvalue weighted by Crippen LogP contribution is 2.32. The zero-order valence-electron chi connectivity index (χ0n) is 23.2. The van der Waals surface area contributed by atoms with E-state index in [9.17, 15) is 14.0 Å². The van der Waals surface area contributed by atoms with E-state index in [2.05, 4.69) is 4.90 Å². The number of halogens is 2. The number of rotatable bonds is 10. The highest BCUT2D eigenvalue weighted by atomic mass is 35.5. The highest BCUT2D eigenvalue weighted by Gasteiger charge is 2.30. The Balaban J connectivity index is 1.33. The van der Waals surface area contributed by atoms with E-state index >= 15 is 0 Å². The molecule has 0 bridgehead atoms. The number of nitrogens with zero attached hydrogens (tertiary/aromatic N) is 3. The van der Waals surface area contributed by atoms with Crippen LogP contribution in [0.5, 0.6) is 5.75 Å². The fraction of sp³-hybridized carbons (Fsp3) is 0.548. The van der Waals surface area contributed by atoms with Crippen LogP contribution >= 0.6 is 11.6 Å². The summed E-state index contributed by atoms with van der Waals surface area (Å²) < 4.78 is 18.8. The first-order chi connectivity index (χ1) is 18.8. The number of carbonyl (C=O) groups is 2. The average Bonchev–Trinajstić information content (AvgIpc) is 2.94. The van der Waals surface area contributed by atoms with Gasteiger partial charge in [0.15, 0.2) is 0 Å². The minimum atomic E-state index is -0.185. The Bertz CT molecular complexity index is 1100. The van der Waals surface area contributed by atoms with Crippen LogP contribution < -0.4 is 9.64 Å². The SMILES string of the molecule is CCOc1ccc(N(CCCN2CCC(Cc3ccc(F)cc3)CC2)C(=O)C2CCN(C(C)=O)CC2)cc1Cl. The molecule has 0 N–H and O–H groups in total. The molecule has 2 heterocycles. The van der Waals surface area contributed by atoms with E-state index in [1.807, 2.05) is 47.1 Å². The normalized spacial score (nSPS) is 17.3. The molecule has 0 saturated carbocycles. The van der Waals surface area contributed by atoms with Crippen LogP contribution in [0.3, 0.4) is 0 Å². The van der Waals surface area contributed by atoms with E-state index in [4.69, 9.17) is 16.3 Å². The maximum absolute atomic E-state index is 13.7. The molecule has 2 fully saturated rings. The molecule has 0 aromatic heterocycles. The van der Waals surface area contributed by atoms with Gasteiger partial charge in [0.2, 0.25) is 11.8 Å². The summed E-state index contributed by atoms with van der Waals surface area (Å²) in [6.45, 7) is 8.90. The molecule has 2 amide bonds. The summed E-state index contributed by atoms with van der Waals surface area (Å²) >= 11 is 6.50. The highest BCUT2D eigenvalue weighted by molar-refractivity contribution is 6.32. The maximum Gasteiger partial charge on any atom is 0.230 e. The van der Waals surface area contributed by atoms with Crippen molar-refractivity contribution in [1.82, 2.24) is 9.80 Å². The maximum atomic E-state index is 13.7. The van der Waals surface area contributed by atoms with E-state index in [0.29, 0.717) is 55.8 Å². The monoisotopic (exact) mass is 557 g/mol. The Hall–Kier alpha value is -2.64. The van der Waals surface area contributed by atoms with Gasteiger partial charge >= 0.3 is 0 Å². The van der Waals surface area contributed by atoms with Gasteiger partial charge in [-0.2, -0.15) is 0 Å². The molecular weight excluding hydrogens is 517 g/mol. The number of anilines is 1. The molecule has 0 atom stereocenters. The fourth-order valence-corrected chi connectivity index (χ4v) is 6.01. The van der Waals surface area contributed by atoms with Crippen molar-refractivity contribution < 1.29 is 18.7 Å². The van der Waals surface area contributed by atoms with Crippen molar-refractivity contribution in [3.8, 4) is 5.75 Å². The van der Waals surface area contributed by atoms with Crippen LogP contribution in [0.2, 0.25) is 5.02 Å². The molecular formula is C31H41ClFN3O3. The summed E-state index contributed by atoms with van der Waals surface area (Å²) in [5.41, 5.74) is 1.99. The minimum Gasteiger partial charge on any atom is -0.492 e. The standard InChI is InChI=1S/C31H41ClFN3O3/c1-3-39-30-10-9-28(22-29(30)32)36(31(38)26-13-19-35(20-14-26)23(2)37)16-4-15-34-17-11-25(12-18-34)21-24-5-7-27(33)8-6-24/h5-10,22,25-26H,3-4,11-21H2,1-2H3. The predicted octanol–water partition coefficient (Wildman–Crippen LogP) is 5.81. The summed E-state index contributed by atoms with van der Waals surface area (Å²) in [6.07, 6.45) is 5.48. The number of ether oxygens (including phenoxy) is 1. The molecule has 2 aromatic rings. The van der Waals surface area contributed by atoms with Gasteiger partial charge in [-0.05, 0) is 107 Å². The van der Waals surface area contributed by atoms with Crippen molar-refractivity contribution in [3.63, 3.8) is 0 Å². The fourth-order valence-electron chi connectivity index (χ4n) is 5.78. The van der Waals surface area contributed by atoms with Crippen LogP contribution in [0.4, 0.5) is 10.1 Å². The van der Waals surface area contributed by atoms with Gasteiger partial charge in [-0.15, -0.1) is 0 Å². The lowest BCUT2D eigenvalue weighted by atomic mass is 9.90. The lowest BCUT2D eigenvalue weighted by molar-refractivity contribution is -0.133. The summed E-state index contributed by atoms with van der Waals surface area (Å²) in [7, 11) is 0. The van der Waals surface area contributed by atoms with E-state index in [0.717, 1.165) is 51.0 Å². The number of benzene rings is 2. The summed E-state index contributed by atoms with van der Waals surface area (Å²) in [6, 6.07) is 12.5. The van der Waals surface area contributed by atoms with E-state index in [1.54, 1.807) is 19.1 Å². The smallest absolute Gasteiger partial charge is 0.230 e. The number of carbonyl (C=O) groups excluding carboxylic acids is 2. The van der Waals surface area contributed by atoms with Crippen molar-refractivity contribution in [2.75, 3.05) is 50.8 Å². The largest absolute Gasteiger partial charge is 0.492 e. The molecule has 2 saturated heterocycles. The van der Waals surface area contributed by atoms with Gasteiger partial charge in [-0.25, -0.2) is 4.39 Å². The number of hydrogen-bond acceptors (Lipinski definition) is 4. The molecule has 0 spiro atoms. The second-order valence-corrected chi connectivity index (χ2v) is 11.2. The molecule has 212 valence electrons. The van der Waals surface area contributed by atoms with Gasteiger partial charge in [-0.3, -0.25) is 9.59 Å². The van der Waals surface area contributed by atoms with E-state index in [-0.39, 0.29) is 23.5 Å². The molecule has 4 rings (SSSR count). The summed E-state index contributed by atoms with van der Waals surface area (Å²) in [5.74, 6) is 1.13. The molecule has 6 nitrogen and oxygen atoms in total. The van der Waals surface area contributed by atoms with Crippen molar-refractivity contribution in [1.29, 1.82) is 0 Å². The number of piperidine rings is 2. The molecule has 8 heteroatoms. The number of likely N-dealkylation sites (tertiary alicyclic amines) is 2. The Morgan fingerprint density at radius 2 is 1.72 bits per heavy atom. The Kier molecular flexibility index (Phi) is 10.6. The van der Waals surface area contributed by atoms with Gasteiger partial charge in [0.05, 0.1) is 11.6 Å². The van der Waals surface area contributed by atoms with Crippen molar-refractivity contribution in [3.05, 3.63) is 58.9 Å². The molecule has 0 aliphatic carbocycles. The number of hydrogen-bond donors (Lipinski definition) is 0. The zero-order chi connectivity index (χ0) is 27.8. The quantitative estimate of drug-likeness (QED) is 0.370. The number of amides is 2. The lowest BCUT2D eigenvalue weighted by Gasteiger charge is -2.35.